The Bertz CT molecular complexity index is 1060. The van der Waals surface area contributed by atoms with E-state index in [2.05, 4.69) is 4.98 Å². The second-order valence-corrected chi connectivity index (χ2v) is 5.62. The first-order valence-corrected chi connectivity index (χ1v) is 7.58. The number of hydrogen-bond acceptors (Lipinski definition) is 4. The summed E-state index contributed by atoms with van der Waals surface area (Å²) >= 11 is 0. The highest BCUT2D eigenvalue weighted by molar-refractivity contribution is 5.92. The molecule has 0 aliphatic heterocycles. The van der Waals surface area contributed by atoms with Gasteiger partial charge in [-0.3, -0.25) is 9.36 Å². The highest BCUT2D eigenvalue weighted by atomic mass is 16.5. The summed E-state index contributed by atoms with van der Waals surface area (Å²) in [7, 11) is 1.56. The lowest BCUT2D eigenvalue weighted by atomic mass is 10.1. The summed E-state index contributed by atoms with van der Waals surface area (Å²) in [6, 6.07) is 10.6. The van der Waals surface area contributed by atoms with Crippen LogP contribution in [0.1, 0.15) is 28.9 Å². The fraction of sp³-hybridized carbons (Fsp3) is 0.167. The topological polar surface area (TPSA) is 101 Å². The van der Waals surface area contributed by atoms with E-state index in [1.807, 2.05) is 0 Å². The van der Waals surface area contributed by atoms with E-state index in [9.17, 15) is 14.4 Å². The van der Waals surface area contributed by atoms with Gasteiger partial charge in [0.05, 0.1) is 29.6 Å². The summed E-state index contributed by atoms with van der Waals surface area (Å²) in [4.78, 5) is 38.8. The van der Waals surface area contributed by atoms with Gasteiger partial charge in [-0.05, 0) is 42.8 Å². The molecule has 1 aromatic heterocycles. The average Bonchev–Trinajstić information content (AvgIpc) is 2.61. The third-order valence-electron chi connectivity index (χ3n) is 4.16. The molecule has 2 aromatic carbocycles. The maximum absolute atomic E-state index is 12.7. The van der Waals surface area contributed by atoms with Crippen molar-refractivity contribution in [1.82, 2.24) is 9.55 Å². The Morgan fingerprint density at radius 1 is 1.16 bits per heavy atom. The van der Waals surface area contributed by atoms with E-state index in [0.717, 1.165) is 10.1 Å². The first-order valence-electron chi connectivity index (χ1n) is 7.58. The largest absolute Gasteiger partial charge is 0.497 e. The molecule has 0 aliphatic carbocycles. The van der Waals surface area contributed by atoms with Crippen molar-refractivity contribution >= 4 is 16.9 Å². The van der Waals surface area contributed by atoms with Gasteiger partial charge in [-0.1, -0.05) is 12.1 Å². The van der Waals surface area contributed by atoms with Crippen LogP contribution in [0.25, 0.3) is 10.9 Å². The molecule has 3 aromatic rings. The Kier molecular flexibility index (Phi) is 4.14. The first-order chi connectivity index (χ1) is 11.9. The molecule has 7 heteroatoms. The monoisotopic (exact) mass is 340 g/mol. The van der Waals surface area contributed by atoms with Gasteiger partial charge in [-0.2, -0.15) is 0 Å². The highest BCUT2D eigenvalue weighted by Gasteiger charge is 2.16. The smallest absolute Gasteiger partial charge is 0.335 e. The molecule has 0 bridgehead atoms. The maximum Gasteiger partial charge on any atom is 0.335 e. The lowest BCUT2D eigenvalue weighted by Gasteiger charge is -2.15. The van der Waals surface area contributed by atoms with Gasteiger partial charge in [-0.15, -0.1) is 0 Å². The molecule has 7 nitrogen and oxygen atoms in total. The number of hydrogen-bond donors (Lipinski definition) is 2. The number of carboxylic acids is 1. The number of aromatic nitrogens is 2. The van der Waals surface area contributed by atoms with E-state index in [0.29, 0.717) is 5.75 Å². The van der Waals surface area contributed by atoms with E-state index in [1.165, 1.54) is 18.2 Å². The predicted molar refractivity (Wildman–Crippen MR) is 92.6 cm³/mol. The minimum absolute atomic E-state index is 0.00324. The van der Waals surface area contributed by atoms with Gasteiger partial charge >= 0.3 is 11.7 Å². The zero-order valence-corrected chi connectivity index (χ0v) is 13.6. The number of carboxylic acid groups (broad SMARTS) is 1. The number of H-pyrrole nitrogens is 1. The highest BCUT2D eigenvalue weighted by Crippen LogP contribution is 2.19. The summed E-state index contributed by atoms with van der Waals surface area (Å²) in [6.07, 6.45) is 0. The molecule has 0 amide bonds. The van der Waals surface area contributed by atoms with Crippen LogP contribution in [0.2, 0.25) is 0 Å². The zero-order valence-electron chi connectivity index (χ0n) is 13.6. The van der Waals surface area contributed by atoms with Crippen LogP contribution in [0, 0.1) is 0 Å². The zero-order chi connectivity index (χ0) is 18.1. The van der Waals surface area contributed by atoms with Gasteiger partial charge < -0.3 is 14.8 Å². The fourth-order valence-electron chi connectivity index (χ4n) is 2.75. The number of aromatic amines is 1. The Morgan fingerprint density at radius 3 is 2.44 bits per heavy atom. The van der Waals surface area contributed by atoms with Gasteiger partial charge in [0.25, 0.3) is 5.56 Å². The number of nitrogens with one attached hydrogen (secondary N) is 1. The van der Waals surface area contributed by atoms with E-state index in [1.54, 1.807) is 38.3 Å². The molecular formula is C18H16N2O5. The van der Waals surface area contributed by atoms with Crippen molar-refractivity contribution in [3.63, 3.8) is 0 Å². The van der Waals surface area contributed by atoms with Crippen molar-refractivity contribution in [2.24, 2.45) is 0 Å². The van der Waals surface area contributed by atoms with E-state index in [-0.39, 0.29) is 16.5 Å². The van der Waals surface area contributed by atoms with E-state index in [4.69, 9.17) is 9.84 Å². The normalized spacial score (nSPS) is 12.1. The number of aromatic carboxylic acids is 1. The minimum atomic E-state index is -1.13. The molecule has 0 radical (unpaired) electrons. The molecule has 0 aliphatic rings. The third-order valence-corrected chi connectivity index (χ3v) is 4.16. The van der Waals surface area contributed by atoms with Gasteiger partial charge in [0, 0.05) is 0 Å². The van der Waals surface area contributed by atoms with Gasteiger partial charge in [0.2, 0.25) is 0 Å². The molecule has 1 heterocycles. The SMILES string of the molecule is COc1ccc(C(C)n2c(=O)[nH]c3cc(C(=O)O)ccc3c2=O)cc1. The summed E-state index contributed by atoms with van der Waals surface area (Å²) < 4.78 is 6.22. The fourth-order valence-corrected chi connectivity index (χ4v) is 2.75. The number of benzene rings is 2. The second-order valence-electron chi connectivity index (χ2n) is 5.62. The maximum atomic E-state index is 12.7. The van der Waals surface area contributed by atoms with Gasteiger partial charge in [0.15, 0.2) is 0 Å². The standard InChI is InChI=1S/C18H16N2O5/c1-10(11-3-6-13(25-2)7-4-11)20-16(21)14-8-5-12(17(22)23)9-15(14)19-18(20)24/h3-10H,1-2H3,(H,19,24)(H,22,23). The van der Waals surface area contributed by atoms with Crippen molar-refractivity contribution in [3.05, 3.63) is 74.4 Å². The van der Waals surface area contributed by atoms with Crippen molar-refractivity contribution < 1.29 is 14.6 Å². The molecule has 1 atom stereocenters. The van der Waals surface area contributed by atoms with Crippen LogP contribution in [0.3, 0.4) is 0 Å². The molecule has 2 N–H and O–H groups in total. The molecule has 0 saturated carbocycles. The van der Waals surface area contributed by atoms with Gasteiger partial charge in [0.1, 0.15) is 5.75 Å². The molecule has 0 fully saturated rings. The molecule has 25 heavy (non-hydrogen) atoms. The van der Waals surface area contributed by atoms with Crippen LogP contribution in [0.15, 0.2) is 52.1 Å². The number of fused-ring (bicyclic) bond motifs is 1. The molecular weight excluding hydrogens is 324 g/mol. The quantitative estimate of drug-likeness (QED) is 0.756. The van der Waals surface area contributed by atoms with Crippen LogP contribution in [0.4, 0.5) is 0 Å². The Morgan fingerprint density at radius 2 is 1.84 bits per heavy atom. The number of ether oxygens (including phenoxy) is 1. The molecule has 128 valence electrons. The van der Waals surface area contributed by atoms with E-state index < -0.39 is 23.3 Å². The molecule has 0 saturated heterocycles. The van der Waals surface area contributed by atoms with Crippen LogP contribution in [-0.4, -0.2) is 27.7 Å². The Hall–Kier alpha value is -3.35. The van der Waals surface area contributed by atoms with Gasteiger partial charge in [-0.25, -0.2) is 9.59 Å². The summed E-state index contributed by atoms with van der Waals surface area (Å²) in [6.45, 7) is 1.75. The third kappa shape index (κ3) is 2.91. The lowest BCUT2D eigenvalue weighted by molar-refractivity contribution is 0.0697. The second kappa shape index (κ2) is 6.27. The summed E-state index contributed by atoms with van der Waals surface area (Å²) in [5.74, 6) is -0.449. The van der Waals surface area contributed by atoms with Crippen LogP contribution >= 0.6 is 0 Å². The lowest BCUT2D eigenvalue weighted by Crippen LogP contribution is -2.37. The molecule has 1 unspecified atom stereocenters. The van der Waals surface area contributed by atoms with Crippen LogP contribution in [-0.2, 0) is 0 Å². The Labute approximate surface area is 142 Å². The predicted octanol–water partition coefficient (Wildman–Crippen LogP) is 2.01. The van der Waals surface area contributed by atoms with Crippen molar-refractivity contribution in [1.29, 1.82) is 0 Å². The van der Waals surface area contributed by atoms with E-state index >= 15 is 0 Å². The van der Waals surface area contributed by atoms with Crippen molar-refractivity contribution in [2.75, 3.05) is 7.11 Å². The van der Waals surface area contributed by atoms with Crippen molar-refractivity contribution in [3.8, 4) is 5.75 Å². The van der Waals surface area contributed by atoms with Crippen LogP contribution in [0.5, 0.6) is 5.75 Å². The molecule has 0 spiro atoms. The summed E-state index contributed by atoms with van der Waals surface area (Å²) in [5.41, 5.74) is -0.0890. The number of carbonyl (C=O) groups is 1. The first kappa shape index (κ1) is 16.5. The Balaban J connectivity index is 2.15. The average molecular weight is 340 g/mol. The van der Waals surface area contributed by atoms with Crippen LogP contribution < -0.4 is 16.0 Å². The number of methoxy groups -OCH3 is 1. The number of rotatable bonds is 4. The number of nitrogens with zero attached hydrogens (tertiary/aromatic N) is 1. The molecule has 3 rings (SSSR count). The summed E-state index contributed by atoms with van der Waals surface area (Å²) in [5, 5.41) is 9.29. The van der Waals surface area contributed by atoms with Crippen molar-refractivity contribution in [2.45, 2.75) is 13.0 Å². The minimum Gasteiger partial charge on any atom is -0.497 e.